The van der Waals surface area contributed by atoms with Crippen molar-refractivity contribution < 1.29 is 9.53 Å². The lowest BCUT2D eigenvalue weighted by atomic mass is 10.3. The topological polar surface area (TPSA) is 38.3 Å². The van der Waals surface area contributed by atoms with Crippen molar-refractivity contribution in [3.63, 3.8) is 0 Å². The Morgan fingerprint density at radius 1 is 1.67 bits per heavy atom. The van der Waals surface area contributed by atoms with Crippen LogP contribution in [0.1, 0.15) is 4.88 Å². The monoisotopic (exact) mass is 289 g/mol. The van der Waals surface area contributed by atoms with E-state index in [4.69, 9.17) is 0 Å². The molecule has 1 aromatic heterocycles. The van der Waals surface area contributed by atoms with Gasteiger partial charge in [0, 0.05) is 11.4 Å². The highest BCUT2D eigenvalue weighted by Gasteiger charge is 2.00. The van der Waals surface area contributed by atoms with Gasteiger partial charge in [-0.3, -0.25) is 4.79 Å². The van der Waals surface area contributed by atoms with E-state index in [1.807, 2.05) is 6.07 Å². The van der Waals surface area contributed by atoms with Crippen molar-refractivity contribution in [2.24, 2.45) is 0 Å². The third-order valence-electron chi connectivity index (χ3n) is 1.66. The second kappa shape index (κ2) is 6.76. The summed E-state index contributed by atoms with van der Waals surface area (Å²) in [4.78, 5) is 12.2. The van der Waals surface area contributed by atoms with Gasteiger partial charge in [0.1, 0.15) is 0 Å². The standard InChI is InChI=1S/C10H12BrNO2S/c1-2-14-10(13)7-12-6-5-8-3-4-9(11)15-8/h2-4,12H,1,5-7H2. The van der Waals surface area contributed by atoms with Crippen LogP contribution in [0.2, 0.25) is 0 Å². The third-order valence-corrected chi connectivity index (χ3v) is 3.34. The highest BCUT2D eigenvalue weighted by molar-refractivity contribution is 9.11. The maximum absolute atomic E-state index is 10.9. The van der Waals surface area contributed by atoms with Crippen LogP contribution >= 0.6 is 27.3 Å². The summed E-state index contributed by atoms with van der Waals surface area (Å²) in [7, 11) is 0. The Morgan fingerprint density at radius 2 is 2.47 bits per heavy atom. The molecule has 0 atom stereocenters. The molecule has 0 aliphatic rings. The quantitative estimate of drug-likeness (QED) is 0.496. The summed E-state index contributed by atoms with van der Waals surface area (Å²) in [5, 5.41) is 3.00. The molecule has 0 bridgehead atoms. The van der Waals surface area contributed by atoms with Crippen molar-refractivity contribution in [3.05, 3.63) is 33.6 Å². The lowest BCUT2D eigenvalue weighted by molar-refractivity contribution is -0.136. The van der Waals surface area contributed by atoms with Gasteiger partial charge in [0.05, 0.1) is 16.6 Å². The van der Waals surface area contributed by atoms with Crippen LogP contribution in [0, 0.1) is 0 Å². The van der Waals surface area contributed by atoms with Crippen LogP contribution in [0.5, 0.6) is 0 Å². The van der Waals surface area contributed by atoms with Crippen LogP contribution in [0.3, 0.4) is 0 Å². The highest BCUT2D eigenvalue weighted by atomic mass is 79.9. The Labute approximate surface area is 101 Å². The first-order valence-electron chi connectivity index (χ1n) is 4.47. The van der Waals surface area contributed by atoms with E-state index in [1.54, 1.807) is 11.3 Å². The van der Waals surface area contributed by atoms with Gasteiger partial charge in [-0.2, -0.15) is 0 Å². The van der Waals surface area contributed by atoms with Gasteiger partial charge in [0.15, 0.2) is 0 Å². The predicted octanol–water partition coefficient (Wildman–Crippen LogP) is 2.33. The molecule has 0 aromatic carbocycles. The van der Waals surface area contributed by atoms with Crippen molar-refractivity contribution >= 4 is 33.2 Å². The summed E-state index contributed by atoms with van der Waals surface area (Å²) >= 11 is 5.10. The predicted molar refractivity (Wildman–Crippen MR) is 64.9 cm³/mol. The number of hydrogen-bond donors (Lipinski definition) is 1. The first-order valence-corrected chi connectivity index (χ1v) is 6.08. The van der Waals surface area contributed by atoms with Gasteiger partial charge < -0.3 is 10.1 Å². The smallest absolute Gasteiger partial charge is 0.324 e. The highest BCUT2D eigenvalue weighted by Crippen LogP contribution is 2.21. The first-order chi connectivity index (χ1) is 7.22. The lowest BCUT2D eigenvalue weighted by Crippen LogP contribution is -2.25. The summed E-state index contributed by atoms with van der Waals surface area (Å²) in [5.41, 5.74) is 0. The molecule has 0 aliphatic carbocycles. The minimum absolute atomic E-state index is 0.221. The van der Waals surface area contributed by atoms with E-state index in [0.717, 1.165) is 23.0 Å². The van der Waals surface area contributed by atoms with Crippen LogP contribution in [-0.2, 0) is 16.0 Å². The lowest BCUT2D eigenvalue weighted by Gasteiger charge is -2.01. The molecular weight excluding hydrogens is 278 g/mol. The van der Waals surface area contributed by atoms with Gasteiger partial charge in [-0.15, -0.1) is 11.3 Å². The van der Waals surface area contributed by atoms with Gasteiger partial charge in [-0.1, -0.05) is 6.58 Å². The SMILES string of the molecule is C=COC(=O)CNCCc1ccc(Br)s1. The molecule has 0 aliphatic heterocycles. The number of thiophene rings is 1. The number of carbonyl (C=O) groups is 1. The second-order valence-electron chi connectivity index (χ2n) is 2.79. The Hall–Kier alpha value is -0.650. The van der Waals surface area contributed by atoms with Crippen molar-refractivity contribution in [1.82, 2.24) is 5.32 Å². The maximum Gasteiger partial charge on any atom is 0.324 e. The number of ether oxygens (including phenoxy) is 1. The fourth-order valence-corrected chi connectivity index (χ4v) is 2.51. The van der Waals surface area contributed by atoms with Gasteiger partial charge in [-0.05, 0) is 34.5 Å². The largest absolute Gasteiger partial charge is 0.434 e. The summed E-state index contributed by atoms with van der Waals surface area (Å²) in [6.07, 6.45) is 2.05. The number of hydrogen-bond acceptors (Lipinski definition) is 4. The van der Waals surface area contributed by atoms with Crippen LogP contribution in [0.25, 0.3) is 0 Å². The summed E-state index contributed by atoms with van der Waals surface area (Å²) in [6, 6.07) is 4.09. The van der Waals surface area contributed by atoms with Gasteiger partial charge in [0.2, 0.25) is 0 Å². The molecule has 15 heavy (non-hydrogen) atoms. The zero-order valence-electron chi connectivity index (χ0n) is 8.16. The van der Waals surface area contributed by atoms with Gasteiger partial charge in [0.25, 0.3) is 0 Å². The molecule has 1 aromatic rings. The zero-order chi connectivity index (χ0) is 11.1. The van der Waals surface area contributed by atoms with Crippen LogP contribution in [-0.4, -0.2) is 19.1 Å². The van der Waals surface area contributed by atoms with E-state index in [9.17, 15) is 4.79 Å². The average Bonchev–Trinajstić information content (AvgIpc) is 2.60. The molecule has 1 heterocycles. The summed E-state index contributed by atoms with van der Waals surface area (Å²) in [6.45, 7) is 4.29. The minimum atomic E-state index is -0.308. The number of rotatable bonds is 6. The molecule has 3 nitrogen and oxygen atoms in total. The summed E-state index contributed by atoms with van der Waals surface area (Å²) < 4.78 is 5.68. The van der Waals surface area contributed by atoms with E-state index in [1.165, 1.54) is 4.88 Å². The molecule has 0 fully saturated rings. The van der Waals surface area contributed by atoms with Crippen LogP contribution < -0.4 is 5.32 Å². The molecular formula is C10H12BrNO2S. The molecule has 1 N–H and O–H groups in total. The number of esters is 1. The number of halogens is 1. The second-order valence-corrected chi connectivity index (χ2v) is 5.34. The fraction of sp³-hybridized carbons (Fsp3) is 0.300. The molecule has 0 spiro atoms. The Kier molecular flexibility index (Phi) is 5.60. The van der Waals surface area contributed by atoms with Crippen LogP contribution in [0.4, 0.5) is 0 Å². The number of carbonyl (C=O) groups excluding carboxylic acids is 1. The van der Waals surface area contributed by atoms with Gasteiger partial charge in [-0.25, -0.2) is 0 Å². The van der Waals surface area contributed by atoms with E-state index in [0.29, 0.717) is 0 Å². The fourth-order valence-electron chi connectivity index (χ4n) is 1.02. The Balaban J connectivity index is 2.11. The average molecular weight is 290 g/mol. The Morgan fingerprint density at radius 3 is 3.07 bits per heavy atom. The van der Waals surface area contributed by atoms with E-state index in [-0.39, 0.29) is 12.5 Å². The molecule has 0 amide bonds. The van der Waals surface area contributed by atoms with Crippen molar-refractivity contribution in [3.8, 4) is 0 Å². The maximum atomic E-state index is 10.9. The summed E-state index contributed by atoms with van der Waals surface area (Å²) in [5.74, 6) is -0.308. The van der Waals surface area contributed by atoms with Crippen molar-refractivity contribution in [2.75, 3.05) is 13.1 Å². The zero-order valence-corrected chi connectivity index (χ0v) is 10.6. The molecule has 0 saturated carbocycles. The molecule has 0 unspecified atom stereocenters. The molecule has 82 valence electrons. The van der Waals surface area contributed by atoms with E-state index in [2.05, 4.69) is 38.6 Å². The number of nitrogens with one attached hydrogen (secondary N) is 1. The molecule has 0 radical (unpaired) electrons. The van der Waals surface area contributed by atoms with E-state index < -0.39 is 0 Å². The van der Waals surface area contributed by atoms with E-state index >= 15 is 0 Å². The van der Waals surface area contributed by atoms with Crippen molar-refractivity contribution in [2.45, 2.75) is 6.42 Å². The minimum Gasteiger partial charge on any atom is -0.434 e. The normalized spacial score (nSPS) is 9.93. The van der Waals surface area contributed by atoms with Crippen LogP contribution in [0.15, 0.2) is 28.8 Å². The third kappa shape index (κ3) is 5.11. The molecule has 0 saturated heterocycles. The van der Waals surface area contributed by atoms with Gasteiger partial charge >= 0.3 is 5.97 Å². The first kappa shape index (κ1) is 12.4. The Bertz CT molecular complexity index is 338. The van der Waals surface area contributed by atoms with Crippen molar-refractivity contribution in [1.29, 1.82) is 0 Å². The molecule has 1 rings (SSSR count). The molecule has 5 heteroatoms.